The Kier molecular flexibility index (Phi) is 6.81. The van der Waals surface area contributed by atoms with Crippen molar-refractivity contribution in [2.24, 2.45) is 23.5 Å². The van der Waals surface area contributed by atoms with Gasteiger partial charge in [-0.25, -0.2) is 0 Å². The van der Waals surface area contributed by atoms with Crippen LogP contribution in [0.5, 0.6) is 0 Å². The van der Waals surface area contributed by atoms with Crippen molar-refractivity contribution in [3.05, 3.63) is 12.7 Å². The summed E-state index contributed by atoms with van der Waals surface area (Å²) < 4.78 is 0. The maximum Gasteiger partial charge on any atom is 0.224 e. The number of nitrogens with one attached hydrogen (secondary N) is 1. The van der Waals surface area contributed by atoms with Crippen LogP contribution in [-0.2, 0) is 9.59 Å². The van der Waals surface area contributed by atoms with Crippen LogP contribution in [-0.4, -0.2) is 17.4 Å². The predicted molar refractivity (Wildman–Crippen MR) is 78.3 cm³/mol. The van der Waals surface area contributed by atoms with E-state index in [2.05, 4.69) is 11.9 Å². The summed E-state index contributed by atoms with van der Waals surface area (Å²) in [6.07, 6.45) is 2.99. The second kappa shape index (κ2) is 7.31. The third kappa shape index (κ3) is 6.41. The van der Waals surface area contributed by atoms with Gasteiger partial charge in [0.15, 0.2) is 0 Å². The molecule has 2 amide bonds. The van der Waals surface area contributed by atoms with Gasteiger partial charge in [0.05, 0.1) is 5.92 Å². The maximum atomic E-state index is 12.4. The lowest BCUT2D eigenvalue weighted by Crippen LogP contribution is -2.49. The van der Waals surface area contributed by atoms with Crippen molar-refractivity contribution in [3.63, 3.8) is 0 Å². The number of carbonyl (C=O) groups excluding carboxylic acids is 2. The van der Waals surface area contributed by atoms with E-state index in [1.807, 2.05) is 34.6 Å². The topological polar surface area (TPSA) is 72.2 Å². The minimum absolute atomic E-state index is 0.0599. The van der Waals surface area contributed by atoms with E-state index in [4.69, 9.17) is 5.73 Å². The summed E-state index contributed by atoms with van der Waals surface area (Å²) in [6.45, 7) is 13.3. The van der Waals surface area contributed by atoms with Crippen molar-refractivity contribution in [2.45, 2.75) is 53.0 Å². The van der Waals surface area contributed by atoms with Gasteiger partial charge in [-0.3, -0.25) is 9.59 Å². The van der Waals surface area contributed by atoms with Gasteiger partial charge >= 0.3 is 0 Å². The Morgan fingerprint density at radius 2 is 1.84 bits per heavy atom. The number of primary amides is 1. The molecule has 2 atom stereocenters. The molecule has 2 unspecified atom stereocenters. The Bertz CT molecular complexity index is 330. The molecule has 4 nitrogen and oxygen atoms in total. The molecule has 0 aliphatic heterocycles. The molecule has 0 aliphatic rings. The quantitative estimate of drug-likeness (QED) is 0.695. The van der Waals surface area contributed by atoms with Crippen LogP contribution in [0.1, 0.15) is 47.5 Å². The monoisotopic (exact) mass is 268 g/mol. The summed E-state index contributed by atoms with van der Waals surface area (Å²) in [7, 11) is 0. The summed E-state index contributed by atoms with van der Waals surface area (Å²) in [5, 5.41) is 2.94. The van der Waals surface area contributed by atoms with Gasteiger partial charge < -0.3 is 11.1 Å². The first kappa shape index (κ1) is 17.7. The number of hydrogen-bond acceptors (Lipinski definition) is 2. The maximum absolute atomic E-state index is 12.4. The van der Waals surface area contributed by atoms with E-state index in [1.54, 1.807) is 6.08 Å². The molecule has 110 valence electrons. The van der Waals surface area contributed by atoms with Gasteiger partial charge in [0.25, 0.3) is 0 Å². The minimum atomic E-state index is -0.444. The molecule has 4 heteroatoms. The fourth-order valence-electron chi connectivity index (χ4n) is 2.20. The average molecular weight is 268 g/mol. The molecule has 3 N–H and O–H groups in total. The van der Waals surface area contributed by atoms with E-state index in [9.17, 15) is 9.59 Å². The number of carbonyl (C=O) groups is 2. The molecule has 0 aromatic carbocycles. The highest BCUT2D eigenvalue weighted by Crippen LogP contribution is 2.26. The Labute approximate surface area is 116 Å². The second-order valence-corrected chi connectivity index (χ2v) is 6.38. The zero-order chi connectivity index (χ0) is 15.2. The molecular formula is C15H28N2O2. The number of allylic oxidation sites excluding steroid dienone is 1. The van der Waals surface area contributed by atoms with Gasteiger partial charge in [-0.15, -0.1) is 6.58 Å². The third-order valence-electron chi connectivity index (χ3n) is 3.00. The molecule has 0 saturated heterocycles. The van der Waals surface area contributed by atoms with Crippen molar-refractivity contribution >= 4 is 11.8 Å². The molecule has 0 saturated carbocycles. The molecule has 0 radical (unpaired) electrons. The number of amides is 2. The van der Waals surface area contributed by atoms with Crippen molar-refractivity contribution in [1.29, 1.82) is 0 Å². The lowest BCUT2D eigenvalue weighted by molar-refractivity contribution is -0.136. The average Bonchev–Trinajstić information content (AvgIpc) is 2.19. The zero-order valence-electron chi connectivity index (χ0n) is 12.8. The Hall–Kier alpha value is -1.32. The van der Waals surface area contributed by atoms with E-state index in [1.165, 1.54) is 0 Å². The van der Waals surface area contributed by atoms with Crippen LogP contribution in [0.2, 0.25) is 0 Å². The lowest BCUT2D eigenvalue weighted by atomic mass is 9.79. The van der Waals surface area contributed by atoms with Crippen LogP contribution < -0.4 is 11.1 Å². The SMILES string of the molecule is C=CCCC(C(N)=O)C(C(=O)NC(C)(C)C)C(C)C. The van der Waals surface area contributed by atoms with Gasteiger partial charge in [-0.2, -0.15) is 0 Å². The highest BCUT2D eigenvalue weighted by Gasteiger charge is 2.35. The summed E-state index contributed by atoms with van der Waals surface area (Å²) in [4.78, 5) is 24.0. The highest BCUT2D eigenvalue weighted by molar-refractivity contribution is 5.87. The van der Waals surface area contributed by atoms with Gasteiger partial charge in [-0.05, 0) is 39.5 Å². The highest BCUT2D eigenvalue weighted by atomic mass is 16.2. The van der Waals surface area contributed by atoms with Crippen LogP contribution in [0.3, 0.4) is 0 Å². The van der Waals surface area contributed by atoms with Crippen LogP contribution >= 0.6 is 0 Å². The van der Waals surface area contributed by atoms with Crippen LogP contribution in [0.4, 0.5) is 0 Å². The molecule has 0 heterocycles. The molecule has 0 aromatic rings. The Morgan fingerprint density at radius 1 is 1.32 bits per heavy atom. The second-order valence-electron chi connectivity index (χ2n) is 6.38. The molecule has 0 rings (SSSR count). The van der Waals surface area contributed by atoms with E-state index < -0.39 is 17.7 Å². The van der Waals surface area contributed by atoms with E-state index in [-0.39, 0.29) is 17.4 Å². The van der Waals surface area contributed by atoms with Gasteiger partial charge in [0, 0.05) is 11.5 Å². The van der Waals surface area contributed by atoms with Crippen molar-refractivity contribution in [2.75, 3.05) is 0 Å². The molecule has 19 heavy (non-hydrogen) atoms. The fourth-order valence-corrected chi connectivity index (χ4v) is 2.20. The standard InChI is InChI=1S/C15H28N2O2/c1-7-8-9-11(13(16)18)12(10(2)3)14(19)17-15(4,5)6/h7,10-12H,1,8-9H2,2-6H3,(H2,16,18)(H,17,19). The molecule has 0 spiro atoms. The van der Waals surface area contributed by atoms with E-state index >= 15 is 0 Å². The van der Waals surface area contributed by atoms with Crippen LogP contribution in [0.25, 0.3) is 0 Å². The van der Waals surface area contributed by atoms with Crippen LogP contribution in [0, 0.1) is 17.8 Å². The summed E-state index contributed by atoms with van der Waals surface area (Å²) >= 11 is 0. The van der Waals surface area contributed by atoms with Crippen molar-refractivity contribution in [3.8, 4) is 0 Å². The van der Waals surface area contributed by atoms with Gasteiger partial charge in [0.1, 0.15) is 0 Å². The van der Waals surface area contributed by atoms with Gasteiger partial charge in [0.2, 0.25) is 11.8 Å². The first-order valence-corrected chi connectivity index (χ1v) is 6.82. The first-order chi connectivity index (χ1) is 8.60. The normalized spacial score (nSPS) is 14.8. The summed E-state index contributed by atoms with van der Waals surface area (Å²) in [5.41, 5.74) is 5.15. The van der Waals surface area contributed by atoms with Crippen LogP contribution in [0.15, 0.2) is 12.7 Å². The Balaban J connectivity index is 5.08. The molecule has 0 aromatic heterocycles. The van der Waals surface area contributed by atoms with E-state index in [0.29, 0.717) is 12.8 Å². The number of hydrogen-bond donors (Lipinski definition) is 2. The molecular weight excluding hydrogens is 240 g/mol. The Morgan fingerprint density at radius 3 is 2.16 bits per heavy atom. The van der Waals surface area contributed by atoms with E-state index in [0.717, 1.165) is 0 Å². The lowest BCUT2D eigenvalue weighted by Gasteiger charge is -2.30. The van der Waals surface area contributed by atoms with Crippen molar-refractivity contribution < 1.29 is 9.59 Å². The van der Waals surface area contributed by atoms with Crippen molar-refractivity contribution in [1.82, 2.24) is 5.32 Å². The van der Waals surface area contributed by atoms with Gasteiger partial charge in [-0.1, -0.05) is 19.9 Å². The minimum Gasteiger partial charge on any atom is -0.369 e. The molecule has 0 fully saturated rings. The largest absolute Gasteiger partial charge is 0.369 e. The number of rotatable bonds is 7. The summed E-state index contributed by atoms with van der Waals surface area (Å²) in [6, 6.07) is 0. The number of nitrogens with two attached hydrogens (primary N) is 1. The fraction of sp³-hybridized carbons (Fsp3) is 0.733. The third-order valence-corrected chi connectivity index (χ3v) is 3.00. The predicted octanol–water partition coefficient (Wildman–Crippen LogP) is 2.24. The molecule has 0 aliphatic carbocycles. The smallest absolute Gasteiger partial charge is 0.224 e. The first-order valence-electron chi connectivity index (χ1n) is 6.82. The molecule has 0 bridgehead atoms. The summed E-state index contributed by atoms with van der Waals surface area (Å²) in [5.74, 6) is -1.29. The zero-order valence-corrected chi connectivity index (χ0v) is 12.8.